The molecular formula is C11H10ClNO2. The third kappa shape index (κ3) is 1.97. The van der Waals surface area contributed by atoms with Gasteiger partial charge in [0.25, 0.3) is 5.91 Å². The Morgan fingerprint density at radius 1 is 1.33 bits per heavy atom. The normalized spacial score (nSPS) is 15.5. The average Bonchev–Trinajstić information content (AvgIpc) is 2.61. The standard InChI is InChI=1S/C11H10ClNO2/c1-15-10-6-11(14)13(7-10)9-4-2-8(12)3-5-9/h2-6H,7H2,1H3. The van der Waals surface area contributed by atoms with E-state index in [0.717, 1.165) is 5.69 Å². The fourth-order valence-corrected chi connectivity index (χ4v) is 1.58. The van der Waals surface area contributed by atoms with Crippen LogP contribution in [-0.4, -0.2) is 19.6 Å². The van der Waals surface area contributed by atoms with E-state index in [1.165, 1.54) is 6.08 Å². The van der Waals surface area contributed by atoms with E-state index in [1.807, 2.05) is 12.1 Å². The van der Waals surface area contributed by atoms with E-state index < -0.39 is 0 Å². The average molecular weight is 224 g/mol. The molecule has 1 aliphatic heterocycles. The Bertz CT molecular complexity index is 411. The summed E-state index contributed by atoms with van der Waals surface area (Å²) in [6.45, 7) is 0.483. The molecule has 1 aromatic carbocycles. The van der Waals surface area contributed by atoms with Crippen LogP contribution >= 0.6 is 11.6 Å². The molecule has 0 N–H and O–H groups in total. The van der Waals surface area contributed by atoms with Crippen LogP contribution in [0.15, 0.2) is 36.1 Å². The van der Waals surface area contributed by atoms with Crippen molar-refractivity contribution in [3.63, 3.8) is 0 Å². The van der Waals surface area contributed by atoms with Gasteiger partial charge in [0.05, 0.1) is 13.7 Å². The highest BCUT2D eigenvalue weighted by Gasteiger charge is 2.23. The molecule has 0 saturated heterocycles. The summed E-state index contributed by atoms with van der Waals surface area (Å²) in [4.78, 5) is 13.2. The zero-order chi connectivity index (χ0) is 10.8. The van der Waals surface area contributed by atoms with Crippen LogP contribution < -0.4 is 4.90 Å². The van der Waals surface area contributed by atoms with E-state index in [0.29, 0.717) is 17.3 Å². The summed E-state index contributed by atoms with van der Waals surface area (Å²) in [5, 5.41) is 0.658. The van der Waals surface area contributed by atoms with Gasteiger partial charge in [-0.3, -0.25) is 4.79 Å². The summed E-state index contributed by atoms with van der Waals surface area (Å²) in [5.74, 6) is 0.615. The number of ether oxygens (including phenoxy) is 1. The van der Waals surface area contributed by atoms with Gasteiger partial charge in [0.2, 0.25) is 0 Å². The molecule has 0 saturated carbocycles. The molecule has 0 radical (unpaired) electrons. The Morgan fingerprint density at radius 3 is 2.53 bits per heavy atom. The minimum atomic E-state index is -0.0610. The molecule has 3 nitrogen and oxygen atoms in total. The van der Waals surface area contributed by atoms with E-state index in [1.54, 1.807) is 24.1 Å². The van der Waals surface area contributed by atoms with E-state index in [9.17, 15) is 4.79 Å². The van der Waals surface area contributed by atoms with Crippen LogP contribution in [0.1, 0.15) is 0 Å². The molecule has 15 heavy (non-hydrogen) atoms. The highest BCUT2D eigenvalue weighted by Crippen LogP contribution is 2.22. The number of carbonyl (C=O) groups excluding carboxylic acids is 1. The third-order valence-corrected chi connectivity index (χ3v) is 2.52. The predicted octanol–water partition coefficient (Wildman–Crippen LogP) is 2.22. The molecule has 0 atom stereocenters. The van der Waals surface area contributed by atoms with E-state index in [-0.39, 0.29) is 5.91 Å². The van der Waals surface area contributed by atoms with Gasteiger partial charge >= 0.3 is 0 Å². The second kappa shape index (κ2) is 3.95. The number of amides is 1. The first kappa shape index (κ1) is 10.1. The summed E-state index contributed by atoms with van der Waals surface area (Å²) in [6.07, 6.45) is 1.49. The largest absolute Gasteiger partial charge is 0.499 e. The van der Waals surface area contributed by atoms with Crippen molar-refractivity contribution in [3.05, 3.63) is 41.1 Å². The van der Waals surface area contributed by atoms with Gasteiger partial charge < -0.3 is 9.64 Å². The van der Waals surface area contributed by atoms with Crippen molar-refractivity contribution < 1.29 is 9.53 Å². The minimum absolute atomic E-state index is 0.0610. The quantitative estimate of drug-likeness (QED) is 0.770. The maximum absolute atomic E-state index is 11.6. The van der Waals surface area contributed by atoms with E-state index in [2.05, 4.69) is 0 Å². The van der Waals surface area contributed by atoms with Crippen molar-refractivity contribution in [2.45, 2.75) is 0 Å². The number of nitrogens with zero attached hydrogens (tertiary/aromatic N) is 1. The van der Waals surface area contributed by atoms with Crippen molar-refractivity contribution >= 4 is 23.2 Å². The van der Waals surface area contributed by atoms with Gasteiger partial charge in [-0.15, -0.1) is 0 Å². The lowest BCUT2D eigenvalue weighted by Crippen LogP contribution is -2.25. The fourth-order valence-electron chi connectivity index (χ4n) is 1.46. The first-order valence-electron chi connectivity index (χ1n) is 4.52. The molecule has 0 aromatic heterocycles. The van der Waals surface area contributed by atoms with Crippen LogP contribution in [0.5, 0.6) is 0 Å². The number of halogens is 1. The van der Waals surface area contributed by atoms with Gasteiger partial charge in [-0.1, -0.05) is 11.6 Å². The first-order chi connectivity index (χ1) is 7.20. The third-order valence-electron chi connectivity index (χ3n) is 2.26. The molecule has 0 unspecified atom stereocenters. The summed E-state index contributed by atoms with van der Waals surface area (Å²) in [6, 6.07) is 7.14. The Kier molecular flexibility index (Phi) is 2.64. The zero-order valence-corrected chi connectivity index (χ0v) is 8.99. The number of rotatable bonds is 2. The summed E-state index contributed by atoms with van der Waals surface area (Å²) in [5.41, 5.74) is 0.827. The lowest BCUT2D eigenvalue weighted by molar-refractivity contribution is -0.113. The number of hydrogen-bond donors (Lipinski definition) is 0. The van der Waals surface area contributed by atoms with Crippen LogP contribution in [0.3, 0.4) is 0 Å². The van der Waals surface area contributed by atoms with Crippen LogP contribution in [0.25, 0.3) is 0 Å². The molecule has 0 spiro atoms. The van der Waals surface area contributed by atoms with Crippen LogP contribution in [0, 0.1) is 0 Å². The van der Waals surface area contributed by atoms with Crippen molar-refractivity contribution in [2.24, 2.45) is 0 Å². The number of benzene rings is 1. The summed E-state index contributed by atoms with van der Waals surface area (Å²) < 4.78 is 5.03. The summed E-state index contributed by atoms with van der Waals surface area (Å²) in [7, 11) is 1.56. The molecule has 2 rings (SSSR count). The zero-order valence-electron chi connectivity index (χ0n) is 8.24. The monoisotopic (exact) mass is 223 g/mol. The SMILES string of the molecule is COC1=CC(=O)N(c2ccc(Cl)cc2)C1. The topological polar surface area (TPSA) is 29.5 Å². The van der Waals surface area contributed by atoms with E-state index >= 15 is 0 Å². The molecular weight excluding hydrogens is 214 g/mol. The number of hydrogen-bond acceptors (Lipinski definition) is 2. The lowest BCUT2D eigenvalue weighted by Gasteiger charge is -2.16. The maximum atomic E-state index is 11.6. The fraction of sp³-hybridized carbons (Fsp3) is 0.182. The van der Waals surface area contributed by atoms with Crippen molar-refractivity contribution in [1.82, 2.24) is 0 Å². The van der Waals surface area contributed by atoms with Gasteiger partial charge in [-0.25, -0.2) is 0 Å². The van der Waals surface area contributed by atoms with Gasteiger partial charge in [0, 0.05) is 16.8 Å². The minimum Gasteiger partial charge on any atom is -0.499 e. The maximum Gasteiger partial charge on any atom is 0.254 e. The van der Waals surface area contributed by atoms with Gasteiger partial charge in [-0.2, -0.15) is 0 Å². The molecule has 1 aromatic rings. The molecule has 78 valence electrons. The Hall–Kier alpha value is -1.48. The Morgan fingerprint density at radius 2 is 2.00 bits per heavy atom. The van der Waals surface area contributed by atoms with Gasteiger partial charge in [0.15, 0.2) is 0 Å². The number of methoxy groups -OCH3 is 1. The summed E-state index contributed by atoms with van der Waals surface area (Å²) >= 11 is 5.77. The molecule has 1 aliphatic rings. The van der Waals surface area contributed by atoms with Crippen molar-refractivity contribution in [1.29, 1.82) is 0 Å². The number of anilines is 1. The number of carbonyl (C=O) groups is 1. The highest BCUT2D eigenvalue weighted by atomic mass is 35.5. The van der Waals surface area contributed by atoms with E-state index in [4.69, 9.17) is 16.3 Å². The predicted molar refractivity (Wildman–Crippen MR) is 58.9 cm³/mol. The smallest absolute Gasteiger partial charge is 0.254 e. The van der Waals surface area contributed by atoms with Crippen molar-refractivity contribution in [2.75, 3.05) is 18.6 Å². The molecule has 0 bridgehead atoms. The first-order valence-corrected chi connectivity index (χ1v) is 4.90. The van der Waals surface area contributed by atoms with Crippen LogP contribution in [0.2, 0.25) is 5.02 Å². The second-order valence-electron chi connectivity index (χ2n) is 3.22. The Labute approximate surface area is 92.9 Å². The van der Waals surface area contributed by atoms with Crippen molar-refractivity contribution in [3.8, 4) is 0 Å². The highest BCUT2D eigenvalue weighted by molar-refractivity contribution is 6.30. The van der Waals surface area contributed by atoms with Crippen LogP contribution in [0.4, 0.5) is 5.69 Å². The molecule has 0 fully saturated rings. The van der Waals surface area contributed by atoms with Crippen LogP contribution in [-0.2, 0) is 9.53 Å². The molecule has 0 aliphatic carbocycles. The molecule has 1 amide bonds. The molecule has 4 heteroatoms. The lowest BCUT2D eigenvalue weighted by atomic mass is 10.3. The molecule has 1 heterocycles. The van der Waals surface area contributed by atoms with Gasteiger partial charge in [-0.05, 0) is 24.3 Å². The van der Waals surface area contributed by atoms with Gasteiger partial charge in [0.1, 0.15) is 5.76 Å². The Balaban J connectivity index is 2.21. The second-order valence-corrected chi connectivity index (χ2v) is 3.65.